The van der Waals surface area contributed by atoms with Crippen molar-refractivity contribution in [3.63, 3.8) is 0 Å². The molecule has 0 fully saturated rings. The third-order valence-electron chi connectivity index (χ3n) is 2.86. The number of amides is 1. The lowest BCUT2D eigenvalue weighted by Gasteiger charge is -2.10. The number of hydrogen-bond donors (Lipinski definition) is 2. The summed E-state index contributed by atoms with van der Waals surface area (Å²) >= 11 is 0. The molecule has 5 nitrogen and oxygen atoms in total. The molecule has 1 amide bonds. The summed E-state index contributed by atoms with van der Waals surface area (Å²) in [5.41, 5.74) is 1.57. The SMILES string of the molecule is CCCc1cc(NC(=O)c2cccc(OC(C)C)c2)n[nH]1. The van der Waals surface area contributed by atoms with Gasteiger partial charge in [-0.2, -0.15) is 5.10 Å². The van der Waals surface area contributed by atoms with Crippen molar-refractivity contribution in [2.45, 2.75) is 39.7 Å². The third kappa shape index (κ3) is 4.34. The molecule has 0 atom stereocenters. The predicted octanol–water partition coefficient (Wildman–Crippen LogP) is 3.40. The van der Waals surface area contributed by atoms with E-state index in [1.165, 1.54) is 0 Å². The fourth-order valence-electron chi connectivity index (χ4n) is 1.99. The number of aromatic amines is 1. The fourth-order valence-corrected chi connectivity index (χ4v) is 1.99. The van der Waals surface area contributed by atoms with Crippen molar-refractivity contribution in [1.82, 2.24) is 10.2 Å². The summed E-state index contributed by atoms with van der Waals surface area (Å²) in [6.45, 7) is 6.00. The zero-order valence-electron chi connectivity index (χ0n) is 12.6. The Balaban J connectivity index is 2.05. The summed E-state index contributed by atoms with van der Waals surface area (Å²) in [6, 6.07) is 8.98. The summed E-state index contributed by atoms with van der Waals surface area (Å²) in [5, 5.41) is 9.78. The van der Waals surface area contributed by atoms with Gasteiger partial charge in [0.15, 0.2) is 5.82 Å². The summed E-state index contributed by atoms with van der Waals surface area (Å²) in [5.74, 6) is 1.03. The molecular formula is C16H21N3O2. The van der Waals surface area contributed by atoms with Crippen LogP contribution in [0.15, 0.2) is 30.3 Å². The Morgan fingerprint density at radius 3 is 2.90 bits per heavy atom. The van der Waals surface area contributed by atoms with Gasteiger partial charge in [-0.25, -0.2) is 0 Å². The summed E-state index contributed by atoms with van der Waals surface area (Å²) in [7, 11) is 0. The Labute approximate surface area is 124 Å². The maximum atomic E-state index is 12.2. The van der Waals surface area contributed by atoms with Crippen LogP contribution in [-0.4, -0.2) is 22.2 Å². The number of hydrogen-bond acceptors (Lipinski definition) is 3. The van der Waals surface area contributed by atoms with Crippen molar-refractivity contribution in [3.8, 4) is 5.75 Å². The molecule has 2 N–H and O–H groups in total. The zero-order valence-corrected chi connectivity index (χ0v) is 12.6. The highest BCUT2D eigenvalue weighted by atomic mass is 16.5. The minimum Gasteiger partial charge on any atom is -0.491 e. The van der Waals surface area contributed by atoms with Gasteiger partial charge in [0.2, 0.25) is 0 Å². The number of aryl methyl sites for hydroxylation is 1. The molecule has 0 spiro atoms. The van der Waals surface area contributed by atoms with Crippen molar-refractivity contribution < 1.29 is 9.53 Å². The Hall–Kier alpha value is -2.30. The van der Waals surface area contributed by atoms with E-state index in [1.54, 1.807) is 18.2 Å². The van der Waals surface area contributed by atoms with E-state index in [9.17, 15) is 4.79 Å². The van der Waals surface area contributed by atoms with Gasteiger partial charge in [-0.15, -0.1) is 0 Å². The van der Waals surface area contributed by atoms with Crippen LogP contribution in [0.25, 0.3) is 0 Å². The van der Waals surface area contributed by atoms with Crippen molar-refractivity contribution in [1.29, 1.82) is 0 Å². The van der Waals surface area contributed by atoms with Crippen LogP contribution >= 0.6 is 0 Å². The van der Waals surface area contributed by atoms with Crippen LogP contribution in [0.3, 0.4) is 0 Å². The third-order valence-corrected chi connectivity index (χ3v) is 2.86. The molecule has 1 aromatic heterocycles. The zero-order chi connectivity index (χ0) is 15.2. The van der Waals surface area contributed by atoms with E-state index in [-0.39, 0.29) is 12.0 Å². The van der Waals surface area contributed by atoms with Gasteiger partial charge < -0.3 is 10.1 Å². The summed E-state index contributed by atoms with van der Waals surface area (Å²) in [6.07, 6.45) is 2.02. The number of benzene rings is 1. The molecule has 0 unspecified atom stereocenters. The summed E-state index contributed by atoms with van der Waals surface area (Å²) in [4.78, 5) is 12.2. The second-order valence-electron chi connectivity index (χ2n) is 5.18. The Morgan fingerprint density at radius 1 is 1.38 bits per heavy atom. The van der Waals surface area contributed by atoms with Crippen LogP contribution < -0.4 is 10.1 Å². The van der Waals surface area contributed by atoms with E-state index in [4.69, 9.17) is 4.74 Å². The van der Waals surface area contributed by atoms with Gasteiger partial charge in [0.25, 0.3) is 5.91 Å². The number of H-pyrrole nitrogens is 1. The number of aromatic nitrogens is 2. The molecule has 2 aromatic rings. The lowest BCUT2D eigenvalue weighted by Crippen LogP contribution is -2.13. The minimum atomic E-state index is -0.196. The predicted molar refractivity (Wildman–Crippen MR) is 82.7 cm³/mol. The van der Waals surface area contributed by atoms with Gasteiger partial charge in [0, 0.05) is 17.3 Å². The molecule has 112 valence electrons. The monoisotopic (exact) mass is 287 g/mol. The quantitative estimate of drug-likeness (QED) is 0.855. The summed E-state index contributed by atoms with van der Waals surface area (Å²) < 4.78 is 5.59. The van der Waals surface area contributed by atoms with Gasteiger partial charge in [0.1, 0.15) is 5.75 Å². The number of carbonyl (C=O) groups excluding carboxylic acids is 1. The van der Waals surface area contributed by atoms with E-state index < -0.39 is 0 Å². The van der Waals surface area contributed by atoms with Crippen LogP contribution in [0, 0.1) is 0 Å². The standard InChI is InChI=1S/C16H21N3O2/c1-4-6-13-10-15(19-18-13)17-16(20)12-7-5-8-14(9-12)21-11(2)3/h5,7-11H,4,6H2,1-3H3,(H2,17,18,19,20). The first kappa shape index (κ1) is 15.1. The van der Waals surface area contributed by atoms with Crippen LogP contribution in [0.5, 0.6) is 5.75 Å². The average Bonchev–Trinajstić information content (AvgIpc) is 2.86. The number of ether oxygens (including phenoxy) is 1. The lowest BCUT2D eigenvalue weighted by atomic mass is 10.2. The van der Waals surface area contributed by atoms with Gasteiger partial charge in [0.05, 0.1) is 6.10 Å². The van der Waals surface area contributed by atoms with E-state index in [0.717, 1.165) is 18.5 Å². The molecule has 0 aliphatic carbocycles. The van der Waals surface area contributed by atoms with Gasteiger partial charge in [-0.1, -0.05) is 19.4 Å². The van der Waals surface area contributed by atoms with Crippen LogP contribution in [-0.2, 0) is 6.42 Å². The maximum absolute atomic E-state index is 12.2. The molecule has 0 saturated carbocycles. The van der Waals surface area contributed by atoms with E-state index >= 15 is 0 Å². The molecule has 5 heteroatoms. The number of nitrogens with zero attached hydrogens (tertiary/aromatic N) is 1. The van der Waals surface area contributed by atoms with E-state index in [1.807, 2.05) is 26.0 Å². The second-order valence-corrected chi connectivity index (χ2v) is 5.18. The van der Waals surface area contributed by atoms with Gasteiger partial charge in [-0.05, 0) is 38.5 Å². The largest absolute Gasteiger partial charge is 0.491 e. The lowest BCUT2D eigenvalue weighted by molar-refractivity contribution is 0.102. The molecule has 0 aliphatic rings. The van der Waals surface area contributed by atoms with Crippen molar-refractivity contribution in [3.05, 3.63) is 41.6 Å². The normalized spacial score (nSPS) is 10.7. The minimum absolute atomic E-state index is 0.0752. The highest BCUT2D eigenvalue weighted by Crippen LogP contribution is 2.16. The number of anilines is 1. The Bertz CT molecular complexity index is 605. The fraction of sp³-hybridized carbons (Fsp3) is 0.375. The molecule has 0 saturated heterocycles. The average molecular weight is 287 g/mol. The second kappa shape index (κ2) is 6.92. The Kier molecular flexibility index (Phi) is 4.98. The molecule has 0 aliphatic heterocycles. The molecule has 0 bridgehead atoms. The first-order chi connectivity index (χ1) is 10.1. The van der Waals surface area contributed by atoms with Crippen LogP contribution in [0.4, 0.5) is 5.82 Å². The maximum Gasteiger partial charge on any atom is 0.256 e. The van der Waals surface area contributed by atoms with E-state index in [2.05, 4.69) is 22.4 Å². The molecule has 1 aromatic carbocycles. The number of rotatable bonds is 6. The Morgan fingerprint density at radius 2 is 2.19 bits per heavy atom. The van der Waals surface area contributed by atoms with Crippen LogP contribution in [0.1, 0.15) is 43.2 Å². The number of carbonyl (C=O) groups is 1. The highest BCUT2D eigenvalue weighted by Gasteiger charge is 2.10. The number of nitrogens with one attached hydrogen (secondary N) is 2. The van der Waals surface area contributed by atoms with Crippen molar-refractivity contribution >= 4 is 11.7 Å². The molecule has 2 rings (SSSR count). The molecule has 0 radical (unpaired) electrons. The van der Waals surface area contributed by atoms with Crippen molar-refractivity contribution in [2.75, 3.05) is 5.32 Å². The van der Waals surface area contributed by atoms with E-state index in [0.29, 0.717) is 17.1 Å². The molecular weight excluding hydrogens is 266 g/mol. The first-order valence-electron chi connectivity index (χ1n) is 7.21. The smallest absolute Gasteiger partial charge is 0.256 e. The van der Waals surface area contributed by atoms with Gasteiger partial charge in [-0.3, -0.25) is 9.89 Å². The van der Waals surface area contributed by atoms with Crippen molar-refractivity contribution in [2.24, 2.45) is 0 Å². The highest BCUT2D eigenvalue weighted by molar-refractivity contribution is 6.04. The first-order valence-corrected chi connectivity index (χ1v) is 7.21. The molecule has 21 heavy (non-hydrogen) atoms. The van der Waals surface area contributed by atoms with Crippen LogP contribution in [0.2, 0.25) is 0 Å². The van der Waals surface area contributed by atoms with Gasteiger partial charge >= 0.3 is 0 Å². The molecule has 1 heterocycles. The topological polar surface area (TPSA) is 67.0 Å².